The third-order valence-electron chi connectivity index (χ3n) is 9.63. The highest BCUT2D eigenvalue weighted by Gasteiger charge is 2.58. The Morgan fingerprint density at radius 3 is 2.40 bits per heavy atom. The first kappa shape index (κ1) is 17.9. The minimum Gasteiger partial charge on any atom is -0.103 e. The molecule has 0 aromatic rings. The van der Waals surface area contributed by atoms with Gasteiger partial charge >= 0.3 is 0 Å². The highest BCUT2D eigenvalue weighted by Crippen LogP contribution is 2.67. The number of allylic oxidation sites excluding steroid dienone is 2. The first-order chi connectivity index (χ1) is 11.9. The molecule has 140 valence electrons. The minimum atomic E-state index is 0.469. The van der Waals surface area contributed by atoms with Gasteiger partial charge in [-0.2, -0.15) is 0 Å². The summed E-state index contributed by atoms with van der Waals surface area (Å²) in [6.45, 7) is 16.2. The van der Waals surface area contributed by atoms with Gasteiger partial charge in [-0.3, -0.25) is 0 Å². The van der Waals surface area contributed by atoms with E-state index in [1.54, 1.807) is 0 Å². The Morgan fingerprint density at radius 2 is 1.68 bits per heavy atom. The zero-order valence-corrected chi connectivity index (χ0v) is 17.0. The molecule has 4 aliphatic rings. The van der Waals surface area contributed by atoms with E-state index >= 15 is 0 Å². The van der Waals surface area contributed by atoms with E-state index in [2.05, 4.69) is 40.0 Å². The Bertz CT molecular complexity index is 544. The molecular formula is C25H40. The van der Waals surface area contributed by atoms with Crippen LogP contribution in [0.25, 0.3) is 0 Å². The molecule has 0 aromatic heterocycles. The van der Waals surface area contributed by atoms with Crippen molar-refractivity contribution in [2.75, 3.05) is 0 Å². The van der Waals surface area contributed by atoms with Crippen LogP contribution in [0.5, 0.6) is 0 Å². The van der Waals surface area contributed by atoms with Gasteiger partial charge in [0.2, 0.25) is 0 Å². The Hall–Kier alpha value is -0.520. The van der Waals surface area contributed by atoms with Crippen LogP contribution in [0.15, 0.2) is 24.8 Å². The topological polar surface area (TPSA) is 0 Å². The molecular weight excluding hydrogens is 300 g/mol. The van der Waals surface area contributed by atoms with Gasteiger partial charge in [0.1, 0.15) is 0 Å². The summed E-state index contributed by atoms with van der Waals surface area (Å²) in [5.74, 6) is 5.57. The van der Waals surface area contributed by atoms with Crippen LogP contribution >= 0.6 is 0 Å². The number of hydrogen-bond donors (Lipinski definition) is 0. The molecule has 0 saturated heterocycles. The van der Waals surface area contributed by atoms with E-state index in [9.17, 15) is 0 Å². The van der Waals surface area contributed by atoms with Crippen LogP contribution in [-0.2, 0) is 0 Å². The molecule has 0 spiro atoms. The van der Waals surface area contributed by atoms with Crippen molar-refractivity contribution in [3.8, 4) is 0 Å². The summed E-state index contributed by atoms with van der Waals surface area (Å²) in [6, 6.07) is 0. The summed E-state index contributed by atoms with van der Waals surface area (Å²) in [7, 11) is 0. The third-order valence-corrected chi connectivity index (χ3v) is 9.63. The van der Waals surface area contributed by atoms with E-state index in [4.69, 9.17) is 0 Å². The minimum absolute atomic E-state index is 0.469. The summed E-state index contributed by atoms with van der Waals surface area (Å²) in [6.07, 6.45) is 16.9. The van der Waals surface area contributed by atoms with Gasteiger partial charge < -0.3 is 0 Å². The van der Waals surface area contributed by atoms with Crippen LogP contribution in [0.2, 0.25) is 0 Å². The summed E-state index contributed by atoms with van der Waals surface area (Å²) in [5.41, 5.74) is 2.49. The number of rotatable bonds is 2. The van der Waals surface area contributed by atoms with Crippen molar-refractivity contribution >= 4 is 0 Å². The van der Waals surface area contributed by atoms with E-state index < -0.39 is 0 Å². The van der Waals surface area contributed by atoms with Crippen LogP contribution in [-0.4, -0.2) is 0 Å². The molecule has 0 aromatic carbocycles. The summed E-state index contributed by atoms with van der Waals surface area (Å²) < 4.78 is 0. The molecule has 0 amide bonds. The molecule has 2 unspecified atom stereocenters. The van der Waals surface area contributed by atoms with Crippen molar-refractivity contribution in [2.45, 2.75) is 85.0 Å². The Morgan fingerprint density at radius 1 is 0.960 bits per heavy atom. The number of hydrogen-bond acceptors (Lipinski definition) is 0. The normalized spacial score (nSPS) is 52.4. The molecule has 0 heteroatoms. The molecule has 4 fully saturated rings. The summed E-state index contributed by atoms with van der Waals surface area (Å²) in [5, 5.41) is 0. The lowest BCUT2D eigenvalue weighted by Crippen LogP contribution is -2.50. The van der Waals surface area contributed by atoms with Crippen LogP contribution in [0.1, 0.15) is 85.0 Å². The fraction of sp³-hybridized carbons (Fsp3) is 0.840. The molecule has 25 heavy (non-hydrogen) atoms. The third kappa shape index (κ3) is 2.61. The molecule has 4 rings (SSSR count). The zero-order chi connectivity index (χ0) is 17.8. The average Bonchev–Trinajstić information content (AvgIpc) is 2.83. The first-order valence-corrected chi connectivity index (χ1v) is 11.2. The second kappa shape index (κ2) is 6.28. The van der Waals surface area contributed by atoms with Gasteiger partial charge in [0, 0.05) is 0 Å². The molecule has 0 aliphatic heterocycles. The second-order valence-electron chi connectivity index (χ2n) is 10.8. The lowest BCUT2D eigenvalue weighted by Gasteiger charge is -2.58. The average molecular weight is 341 g/mol. The standard InChI is InChI=1S/C25H40/c1-6-25-15-13-19-20(23(25)9-7-8-18(4)16-25)12-14-24(5)21(17(2)3)10-11-22(19)24/h6,18-23H,1-2,7-16H2,3-5H3/t18-,19+,20?,21+,22?,23+,24+,25+/m0/s1. The van der Waals surface area contributed by atoms with E-state index in [0.29, 0.717) is 10.8 Å². The zero-order valence-electron chi connectivity index (χ0n) is 17.0. The van der Waals surface area contributed by atoms with Gasteiger partial charge in [-0.15, -0.1) is 6.58 Å². The maximum Gasteiger partial charge on any atom is -0.00873 e. The summed E-state index contributed by atoms with van der Waals surface area (Å²) >= 11 is 0. The Labute approximate surface area is 156 Å². The van der Waals surface area contributed by atoms with Crippen molar-refractivity contribution < 1.29 is 0 Å². The predicted molar refractivity (Wildman–Crippen MR) is 108 cm³/mol. The fourth-order valence-corrected chi connectivity index (χ4v) is 8.62. The molecule has 0 nitrogen and oxygen atoms in total. The van der Waals surface area contributed by atoms with Crippen LogP contribution in [0.4, 0.5) is 0 Å². The smallest absolute Gasteiger partial charge is 0.00873 e. The Kier molecular flexibility index (Phi) is 4.49. The van der Waals surface area contributed by atoms with Crippen molar-refractivity contribution in [3.05, 3.63) is 24.8 Å². The van der Waals surface area contributed by atoms with E-state index in [0.717, 1.165) is 35.5 Å². The van der Waals surface area contributed by atoms with Crippen LogP contribution in [0.3, 0.4) is 0 Å². The fourth-order valence-electron chi connectivity index (χ4n) is 8.62. The van der Waals surface area contributed by atoms with Crippen molar-refractivity contribution in [2.24, 2.45) is 46.3 Å². The molecule has 0 bridgehead atoms. The van der Waals surface area contributed by atoms with Gasteiger partial charge in [-0.05, 0) is 105 Å². The van der Waals surface area contributed by atoms with Gasteiger partial charge in [0.05, 0.1) is 0 Å². The van der Waals surface area contributed by atoms with E-state index in [1.807, 2.05) is 0 Å². The lowest BCUT2D eigenvalue weighted by atomic mass is 9.47. The molecule has 0 radical (unpaired) electrons. The quantitative estimate of drug-likeness (QED) is 0.459. The molecule has 0 N–H and O–H groups in total. The highest BCUT2D eigenvalue weighted by molar-refractivity contribution is 5.16. The van der Waals surface area contributed by atoms with E-state index in [1.165, 1.54) is 69.8 Å². The highest BCUT2D eigenvalue weighted by atomic mass is 14.6. The Balaban J connectivity index is 1.63. The number of fused-ring (bicyclic) bond motifs is 5. The van der Waals surface area contributed by atoms with Gasteiger partial charge in [0.25, 0.3) is 0 Å². The lowest BCUT2D eigenvalue weighted by molar-refractivity contribution is -0.0716. The monoisotopic (exact) mass is 340 g/mol. The van der Waals surface area contributed by atoms with Gasteiger partial charge in [0.15, 0.2) is 0 Å². The van der Waals surface area contributed by atoms with Gasteiger partial charge in [-0.1, -0.05) is 44.9 Å². The molecule has 0 heterocycles. The van der Waals surface area contributed by atoms with Crippen molar-refractivity contribution in [1.29, 1.82) is 0 Å². The molecule has 4 saturated carbocycles. The predicted octanol–water partition coefficient (Wildman–Crippen LogP) is 7.41. The SMILES string of the molecule is C=C[C@]12CC[C@@H]3C(CC[C@@]4(C)C3CC[C@@H]4C(=C)C)[C@H]1CCC[C@H](C)C2. The summed E-state index contributed by atoms with van der Waals surface area (Å²) in [4.78, 5) is 0. The van der Waals surface area contributed by atoms with Crippen LogP contribution < -0.4 is 0 Å². The first-order valence-electron chi connectivity index (χ1n) is 11.2. The van der Waals surface area contributed by atoms with Crippen molar-refractivity contribution in [1.82, 2.24) is 0 Å². The van der Waals surface area contributed by atoms with Gasteiger partial charge in [-0.25, -0.2) is 0 Å². The van der Waals surface area contributed by atoms with E-state index in [-0.39, 0.29) is 0 Å². The maximum atomic E-state index is 4.38. The molecule has 8 atom stereocenters. The van der Waals surface area contributed by atoms with Crippen molar-refractivity contribution in [3.63, 3.8) is 0 Å². The second-order valence-corrected chi connectivity index (χ2v) is 10.8. The van der Waals surface area contributed by atoms with Crippen LogP contribution in [0, 0.1) is 46.3 Å². The molecule has 4 aliphatic carbocycles. The maximum absolute atomic E-state index is 4.38. The largest absolute Gasteiger partial charge is 0.103 e.